The van der Waals surface area contributed by atoms with E-state index in [1.165, 1.54) is 5.56 Å². The van der Waals surface area contributed by atoms with Crippen molar-refractivity contribution in [1.82, 2.24) is 10.2 Å². The van der Waals surface area contributed by atoms with Crippen molar-refractivity contribution < 1.29 is 0 Å². The Hall–Kier alpha value is -2.82. The van der Waals surface area contributed by atoms with Crippen LogP contribution in [0.5, 0.6) is 0 Å². The van der Waals surface area contributed by atoms with Gasteiger partial charge >= 0.3 is 0 Å². The van der Waals surface area contributed by atoms with Gasteiger partial charge in [0, 0.05) is 17.6 Å². The molecule has 0 saturated heterocycles. The molecule has 1 heterocycles. The molecule has 0 unspecified atom stereocenters. The SMILES string of the molecule is Nc1ccc(CCNc2n[nH]c(=O)c3ccccc23)cc1. The van der Waals surface area contributed by atoms with E-state index in [1.807, 2.05) is 42.5 Å². The zero-order chi connectivity index (χ0) is 14.7. The van der Waals surface area contributed by atoms with Crippen LogP contribution in [0.2, 0.25) is 0 Å². The normalized spacial score (nSPS) is 10.7. The zero-order valence-electron chi connectivity index (χ0n) is 11.5. The fraction of sp³-hybridized carbons (Fsp3) is 0.125. The number of hydrogen-bond donors (Lipinski definition) is 3. The highest BCUT2D eigenvalue weighted by atomic mass is 16.1. The van der Waals surface area contributed by atoms with Gasteiger partial charge in [0.05, 0.1) is 5.39 Å². The van der Waals surface area contributed by atoms with Gasteiger partial charge in [-0.25, -0.2) is 5.10 Å². The number of rotatable bonds is 4. The largest absolute Gasteiger partial charge is 0.399 e. The van der Waals surface area contributed by atoms with Crippen LogP contribution in [0.15, 0.2) is 53.3 Å². The van der Waals surface area contributed by atoms with Gasteiger partial charge in [-0.05, 0) is 30.2 Å². The summed E-state index contributed by atoms with van der Waals surface area (Å²) in [6.07, 6.45) is 0.857. The Morgan fingerprint density at radius 2 is 1.76 bits per heavy atom. The zero-order valence-corrected chi connectivity index (χ0v) is 11.5. The highest BCUT2D eigenvalue weighted by Gasteiger charge is 2.04. The van der Waals surface area contributed by atoms with Crippen LogP contribution >= 0.6 is 0 Å². The third kappa shape index (κ3) is 2.86. The average Bonchev–Trinajstić information content (AvgIpc) is 2.52. The molecule has 4 N–H and O–H groups in total. The second-order valence-electron chi connectivity index (χ2n) is 4.87. The highest BCUT2D eigenvalue weighted by Crippen LogP contribution is 2.16. The van der Waals surface area contributed by atoms with Crippen LogP contribution in [-0.2, 0) is 6.42 Å². The summed E-state index contributed by atoms with van der Waals surface area (Å²) in [6, 6.07) is 15.2. The van der Waals surface area contributed by atoms with E-state index >= 15 is 0 Å². The van der Waals surface area contributed by atoms with Gasteiger partial charge in [-0.3, -0.25) is 4.79 Å². The Balaban J connectivity index is 1.75. The van der Waals surface area contributed by atoms with Crippen molar-refractivity contribution in [3.63, 3.8) is 0 Å². The molecule has 5 heteroatoms. The second-order valence-corrected chi connectivity index (χ2v) is 4.87. The molecule has 0 bridgehead atoms. The van der Waals surface area contributed by atoms with E-state index in [4.69, 9.17) is 5.73 Å². The molecule has 3 rings (SSSR count). The molecule has 0 fully saturated rings. The minimum atomic E-state index is -0.172. The van der Waals surface area contributed by atoms with E-state index in [2.05, 4.69) is 15.5 Å². The first-order valence-electron chi connectivity index (χ1n) is 6.80. The van der Waals surface area contributed by atoms with E-state index in [0.29, 0.717) is 11.2 Å². The molecular weight excluding hydrogens is 264 g/mol. The van der Waals surface area contributed by atoms with Crippen molar-refractivity contribution >= 4 is 22.3 Å². The Kier molecular flexibility index (Phi) is 3.55. The van der Waals surface area contributed by atoms with Crippen molar-refractivity contribution in [2.75, 3.05) is 17.6 Å². The number of nitrogens with zero attached hydrogens (tertiary/aromatic N) is 1. The van der Waals surface area contributed by atoms with E-state index in [1.54, 1.807) is 6.07 Å². The van der Waals surface area contributed by atoms with Gasteiger partial charge in [-0.2, -0.15) is 5.10 Å². The summed E-state index contributed by atoms with van der Waals surface area (Å²) in [4.78, 5) is 11.7. The lowest BCUT2D eigenvalue weighted by atomic mass is 10.1. The average molecular weight is 280 g/mol. The first kappa shape index (κ1) is 13.2. The molecule has 5 nitrogen and oxygen atoms in total. The molecule has 0 aliphatic carbocycles. The van der Waals surface area contributed by atoms with E-state index in [9.17, 15) is 4.79 Å². The molecule has 0 spiro atoms. The summed E-state index contributed by atoms with van der Waals surface area (Å²) >= 11 is 0. The number of aromatic amines is 1. The number of nitrogens with two attached hydrogens (primary N) is 1. The van der Waals surface area contributed by atoms with Crippen LogP contribution in [0.4, 0.5) is 11.5 Å². The quantitative estimate of drug-likeness (QED) is 0.639. The third-order valence-electron chi connectivity index (χ3n) is 3.38. The summed E-state index contributed by atoms with van der Waals surface area (Å²) in [7, 11) is 0. The van der Waals surface area contributed by atoms with E-state index in [0.717, 1.165) is 24.0 Å². The fourth-order valence-corrected chi connectivity index (χ4v) is 2.26. The van der Waals surface area contributed by atoms with Crippen molar-refractivity contribution in [2.24, 2.45) is 0 Å². The maximum absolute atomic E-state index is 11.7. The van der Waals surface area contributed by atoms with Crippen LogP contribution in [0.3, 0.4) is 0 Å². The molecule has 0 aliphatic rings. The molecule has 21 heavy (non-hydrogen) atoms. The molecule has 1 aromatic heterocycles. The van der Waals surface area contributed by atoms with Crippen molar-refractivity contribution in [1.29, 1.82) is 0 Å². The van der Waals surface area contributed by atoms with Crippen LogP contribution in [0.25, 0.3) is 10.8 Å². The molecule has 106 valence electrons. The van der Waals surface area contributed by atoms with Crippen LogP contribution in [-0.4, -0.2) is 16.7 Å². The van der Waals surface area contributed by atoms with Gasteiger partial charge in [-0.1, -0.05) is 30.3 Å². The Morgan fingerprint density at radius 3 is 2.52 bits per heavy atom. The number of anilines is 2. The minimum absolute atomic E-state index is 0.172. The van der Waals surface area contributed by atoms with Crippen LogP contribution in [0, 0.1) is 0 Å². The molecular formula is C16H16N4O. The molecule has 0 amide bonds. The van der Waals surface area contributed by atoms with Crippen LogP contribution in [0.1, 0.15) is 5.56 Å². The lowest BCUT2D eigenvalue weighted by molar-refractivity contribution is 0.963. The molecule has 3 aromatic rings. The number of nitrogens with one attached hydrogen (secondary N) is 2. The Bertz CT molecular complexity index is 808. The van der Waals surface area contributed by atoms with Gasteiger partial charge in [-0.15, -0.1) is 0 Å². The molecule has 0 radical (unpaired) electrons. The molecule has 2 aromatic carbocycles. The van der Waals surface area contributed by atoms with Gasteiger partial charge in [0.1, 0.15) is 0 Å². The third-order valence-corrected chi connectivity index (χ3v) is 3.38. The summed E-state index contributed by atoms with van der Waals surface area (Å²) < 4.78 is 0. The predicted molar refractivity (Wildman–Crippen MR) is 85.4 cm³/mol. The summed E-state index contributed by atoms with van der Waals surface area (Å²) in [5.41, 5.74) is 7.46. The van der Waals surface area contributed by atoms with E-state index in [-0.39, 0.29) is 5.56 Å². The number of nitrogen functional groups attached to an aromatic ring is 1. The van der Waals surface area contributed by atoms with Crippen molar-refractivity contribution in [3.8, 4) is 0 Å². The van der Waals surface area contributed by atoms with Gasteiger partial charge < -0.3 is 11.1 Å². The summed E-state index contributed by atoms with van der Waals surface area (Å²) in [5.74, 6) is 0.695. The van der Waals surface area contributed by atoms with E-state index < -0.39 is 0 Å². The fourth-order valence-electron chi connectivity index (χ4n) is 2.26. The van der Waals surface area contributed by atoms with Crippen molar-refractivity contribution in [2.45, 2.75) is 6.42 Å². The summed E-state index contributed by atoms with van der Waals surface area (Å²) in [5, 5.41) is 11.3. The highest BCUT2D eigenvalue weighted by molar-refractivity contribution is 5.90. The number of benzene rings is 2. The van der Waals surface area contributed by atoms with Gasteiger partial charge in [0.2, 0.25) is 0 Å². The van der Waals surface area contributed by atoms with Crippen LogP contribution < -0.4 is 16.6 Å². The maximum Gasteiger partial charge on any atom is 0.272 e. The predicted octanol–water partition coefficient (Wildman–Crippen LogP) is 2.16. The monoisotopic (exact) mass is 280 g/mol. The van der Waals surface area contributed by atoms with Gasteiger partial charge in [0.15, 0.2) is 5.82 Å². The first-order valence-corrected chi connectivity index (χ1v) is 6.80. The number of fused-ring (bicyclic) bond motifs is 1. The Morgan fingerprint density at radius 1 is 1.05 bits per heavy atom. The molecule has 0 saturated carbocycles. The summed E-state index contributed by atoms with van der Waals surface area (Å²) in [6.45, 7) is 0.729. The molecule has 0 atom stereocenters. The second kappa shape index (κ2) is 5.66. The van der Waals surface area contributed by atoms with Gasteiger partial charge in [0.25, 0.3) is 5.56 Å². The minimum Gasteiger partial charge on any atom is -0.399 e. The number of hydrogen-bond acceptors (Lipinski definition) is 4. The lowest BCUT2D eigenvalue weighted by Crippen LogP contribution is -2.13. The Labute approximate surface area is 121 Å². The smallest absolute Gasteiger partial charge is 0.272 e. The number of aromatic nitrogens is 2. The number of H-pyrrole nitrogens is 1. The lowest BCUT2D eigenvalue weighted by Gasteiger charge is -2.08. The topological polar surface area (TPSA) is 83.8 Å². The maximum atomic E-state index is 11.7. The first-order chi connectivity index (χ1) is 10.2. The molecule has 0 aliphatic heterocycles. The van der Waals surface area contributed by atoms with Crippen molar-refractivity contribution in [3.05, 3.63) is 64.4 Å². The standard InChI is InChI=1S/C16H16N4O/c17-12-7-5-11(6-8-12)9-10-18-15-13-3-1-2-4-14(13)16(21)20-19-15/h1-8H,9-10,17H2,(H,18,19)(H,20,21).